The van der Waals surface area contributed by atoms with Crippen molar-refractivity contribution in [3.8, 4) is 11.8 Å². The zero-order chi connectivity index (χ0) is 13.7. The van der Waals surface area contributed by atoms with Crippen LogP contribution in [0.4, 0.5) is 0 Å². The van der Waals surface area contributed by atoms with Crippen LogP contribution in [0.15, 0.2) is 30.5 Å². The fourth-order valence-electron chi connectivity index (χ4n) is 1.67. The molecule has 0 saturated heterocycles. The molecule has 0 fully saturated rings. The zero-order valence-corrected chi connectivity index (χ0v) is 11.5. The molecule has 0 bridgehead atoms. The van der Waals surface area contributed by atoms with Crippen LogP contribution in [0.25, 0.3) is 0 Å². The summed E-state index contributed by atoms with van der Waals surface area (Å²) in [4.78, 5) is 0. The largest absolute Gasteiger partial charge is 0.395 e. The van der Waals surface area contributed by atoms with Crippen molar-refractivity contribution in [1.29, 1.82) is 0 Å². The molecule has 0 aliphatic heterocycles. The molecule has 4 heteroatoms. The molecule has 0 radical (unpaired) electrons. The van der Waals surface area contributed by atoms with E-state index in [0.29, 0.717) is 18.0 Å². The molecule has 0 aliphatic rings. The highest BCUT2D eigenvalue weighted by molar-refractivity contribution is 6.31. The number of aliphatic hydroxyl groups is 1. The Morgan fingerprint density at radius 3 is 2.63 bits per heavy atom. The smallest absolute Gasteiger partial charge is 0.0815 e. The van der Waals surface area contributed by atoms with Crippen LogP contribution >= 0.6 is 11.6 Å². The van der Waals surface area contributed by atoms with Crippen molar-refractivity contribution in [3.05, 3.63) is 52.3 Å². The van der Waals surface area contributed by atoms with Crippen LogP contribution in [-0.4, -0.2) is 21.5 Å². The van der Waals surface area contributed by atoms with Crippen molar-refractivity contribution in [2.75, 3.05) is 6.61 Å². The molecule has 19 heavy (non-hydrogen) atoms. The lowest BCUT2D eigenvalue weighted by Gasteiger charge is -2.04. The molecule has 0 amide bonds. The quantitative estimate of drug-likeness (QED) is 0.874. The second-order valence-electron chi connectivity index (χ2n) is 4.21. The minimum Gasteiger partial charge on any atom is -0.395 e. The Morgan fingerprint density at radius 2 is 2.05 bits per heavy atom. The maximum Gasteiger partial charge on any atom is 0.0815 e. The van der Waals surface area contributed by atoms with Gasteiger partial charge in [-0.1, -0.05) is 35.6 Å². The summed E-state index contributed by atoms with van der Waals surface area (Å²) < 4.78 is 1.87. The predicted octanol–water partition coefficient (Wildman–Crippen LogP) is 2.63. The summed E-state index contributed by atoms with van der Waals surface area (Å²) in [6, 6.07) is 8.00. The number of aliphatic hydroxyl groups excluding tert-OH is 1. The van der Waals surface area contributed by atoms with Crippen LogP contribution < -0.4 is 0 Å². The molecule has 2 rings (SSSR count). The first-order chi connectivity index (χ1) is 9.20. The second kappa shape index (κ2) is 6.42. The maximum absolute atomic E-state index is 8.66. The van der Waals surface area contributed by atoms with E-state index >= 15 is 0 Å². The molecule has 0 atom stereocenters. The van der Waals surface area contributed by atoms with E-state index in [9.17, 15) is 0 Å². The SMILES string of the molecule is Cc1c(Cl)cnn1Cc1ccc(C#CCCO)cc1. The Kier molecular flexibility index (Phi) is 4.62. The topological polar surface area (TPSA) is 38.0 Å². The third-order valence-electron chi connectivity index (χ3n) is 2.80. The maximum atomic E-state index is 8.66. The van der Waals surface area contributed by atoms with Gasteiger partial charge in [0.1, 0.15) is 0 Å². The van der Waals surface area contributed by atoms with E-state index in [1.54, 1.807) is 6.20 Å². The lowest BCUT2D eigenvalue weighted by Crippen LogP contribution is -2.03. The average Bonchev–Trinajstić information content (AvgIpc) is 2.73. The Labute approximate surface area is 117 Å². The van der Waals surface area contributed by atoms with Gasteiger partial charge in [0.2, 0.25) is 0 Å². The van der Waals surface area contributed by atoms with Gasteiger partial charge in [-0.2, -0.15) is 5.10 Å². The number of hydrogen-bond donors (Lipinski definition) is 1. The number of aromatic nitrogens is 2. The summed E-state index contributed by atoms with van der Waals surface area (Å²) in [6.45, 7) is 2.75. The Balaban J connectivity index is 2.07. The van der Waals surface area contributed by atoms with Gasteiger partial charge in [0.05, 0.1) is 30.1 Å². The summed E-state index contributed by atoms with van der Waals surface area (Å²) in [5, 5.41) is 13.6. The van der Waals surface area contributed by atoms with Crippen molar-refractivity contribution in [2.24, 2.45) is 0 Å². The predicted molar refractivity (Wildman–Crippen MR) is 76.1 cm³/mol. The van der Waals surface area contributed by atoms with Gasteiger partial charge >= 0.3 is 0 Å². The van der Waals surface area contributed by atoms with E-state index in [4.69, 9.17) is 16.7 Å². The van der Waals surface area contributed by atoms with Gasteiger partial charge in [0.25, 0.3) is 0 Å². The van der Waals surface area contributed by atoms with Gasteiger partial charge in [0.15, 0.2) is 0 Å². The normalized spacial score (nSPS) is 10.1. The molecular weight excluding hydrogens is 260 g/mol. The second-order valence-corrected chi connectivity index (χ2v) is 4.62. The number of nitrogens with zero attached hydrogens (tertiary/aromatic N) is 2. The Hall–Kier alpha value is -1.76. The number of hydrogen-bond acceptors (Lipinski definition) is 2. The summed E-state index contributed by atoms with van der Waals surface area (Å²) in [5.41, 5.74) is 3.07. The van der Waals surface area contributed by atoms with Gasteiger partial charge in [0, 0.05) is 12.0 Å². The zero-order valence-electron chi connectivity index (χ0n) is 10.7. The lowest BCUT2D eigenvalue weighted by molar-refractivity contribution is 0.305. The third kappa shape index (κ3) is 3.60. The van der Waals surface area contributed by atoms with Crippen molar-refractivity contribution in [3.63, 3.8) is 0 Å². The minimum absolute atomic E-state index is 0.102. The van der Waals surface area contributed by atoms with Crippen LogP contribution in [-0.2, 0) is 6.54 Å². The summed E-state index contributed by atoms with van der Waals surface area (Å²) >= 11 is 5.97. The van der Waals surface area contributed by atoms with Crippen molar-refractivity contribution in [2.45, 2.75) is 19.9 Å². The molecule has 98 valence electrons. The molecular formula is C15H15ClN2O. The minimum atomic E-state index is 0.102. The third-order valence-corrected chi connectivity index (χ3v) is 3.17. The molecule has 0 saturated carbocycles. The van der Waals surface area contributed by atoms with E-state index in [1.807, 2.05) is 35.9 Å². The van der Waals surface area contributed by atoms with E-state index < -0.39 is 0 Å². The highest BCUT2D eigenvalue weighted by Gasteiger charge is 2.04. The van der Waals surface area contributed by atoms with Gasteiger partial charge < -0.3 is 5.11 Å². The molecule has 0 unspecified atom stereocenters. The first-order valence-corrected chi connectivity index (χ1v) is 6.45. The number of benzene rings is 1. The van der Waals surface area contributed by atoms with Crippen LogP contribution in [0.3, 0.4) is 0 Å². The molecule has 1 N–H and O–H groups in total. The van der Waals surface area contributed by atoms with E-state index in [-0.39, 0.29) is 6.61 Å². The lowest BCUT2D eigenvalue weighted by atomic mass is 10.1. The van der Waals surface area contributed by atoms with Gasteiger partial charge in [-0.15, -0.1) is 0 Å². The fraction of sp³-hybridized carbons (Fsp3) is 0.267. The van der Waals surface area contributed by atoms with E-state index in [0.717, 1.165) is 16.8 Å². The molecule has 1 heterocycles. The standard InChI is InChI=1S/C15H15ClN2O/c1-12-15(16)10-17-18(12)11-14-7-5-13(6-8-14)4-2-3-9-19/h5-8,10,19H,3,9,11H2,1H3. The molecule has 1 aromatic carbocycles. The van der Waals surface area contributed by atoms with Crippen molar-refractivity contribution >= 4 is 11.6 Å². The van der Waals surface area contributed by atoms with Crippen molar-refractivity contribution < 1.29 is 5.11 Å². The van der Waals surface area contributed by atoms with Gasteiger partial charge in [-0.3, -0.25) is 4.68 Å². The summed E-state index contributed by atoms with van der Waals surface area (Å²) in [5.74, 6) is 5.90. The van der Waals surface area contributed by atoms with Gasteiger partial charge in [-0.25, -0.2) is 0 Å². The van der Waals surface area contributed by atoms with Crippen molar-refractivity contribution in [1.82, 2.24) is 9.78 Å². The molecule has 1 aromatic heterocycles. The summed E-state index contributed by atoms with van der Waals surface area (Å²) in [7, 11) is 0. The molecule has 3 nitrogen and oxygen atoms in total. The van der Waals surface area contributed by atoms with Crippen LogP contribution in [0.5, 0.6) is 0 Å². The monoisotopic (exact) mass is 274 g/mol. The average molecular weight is 275 g/mol. The number of halogens is 1. The van der Waals surface area contributed by atoms with Crippen LogP contribution in [0.2, 0.25) is 5.02 Å². The number of rotatable bonds is 3. The summed E-state index contributed by atoms with van der Waals surface area (Å²) in [6.07, 6.45) is 2.17. The highest BCUT2D eigenvalue weighted by atomic mass is 35.5. The van der Waals surface area contributed by atoms with Gasteiger partial charge in [-0.05, 0) is 24.6 Å². The molecule has 2 aromatic rings. The van der Waals surface area contributed by atoms with Crippen LogP contribution in [0.1, 0.15) is 23.2 Å². The highest BCUT2D eigenvalue weighted by Crippen LogP contribution is 2.15. The molecule has 0 spiro atoms. The van der Waals surface area contributed by atoms with Crippen LogP contribution in [0, 0.1) is 18.8 Å². The van der Waals surface area contributed by atoms with E-state index in [1.165, 1.54) is 0 Å². The van der Waals surface area contributed by atoms with E-state index in [2.05, 4.69) is 16.9 Å². The first kappa shape index (κ1) is 13.7. The fourth-order valence-corrected chi connectivity index (χ4v) is 1.81. The Bertz CT molecular complexity index is 605. The molecule has 0 aliphatic carbocycles. The Morgan fingerprint density at radius 1 is 1.32 bits per heavy atom. The first-order valence-electron chi connectivity index (χ1n) is 6.07.